The fourth-order valence-electron chi connectivity index (χ4n) is 3.75. The Kier molecular flexibility index (Phi) is 4.05. The summed E-state index contributed by atoms with van der Waals surface area (Å²) in [5.41, 5.74) is 5.81. The molecule has 1 aliphatic carbocycles. The van der Waals surface area contributed by atoms with Crippen LogP contribution >= 0.6 is 0 Å². The van der Waals surface area contributed by atoms with E-state index >= 15 is 0 Å². The zero-order valence-electron chi connectivity index (χ0n) is 11.9. The van der Waals surface area contributed by atoms with Crippen molar-refractivity contribution in [2.24, 2.45) is 17.6 Å². The van der Waals surface area contributed by atoms with Crippen LogP contribution in [0.5, 0.6) is 0 Å². The standard InChI is InChI=1S/C15H24N4O/c16-10-12-4-1-6-14(12)15(20)18-8-2-5-13(11-18)19-9-3-7-17-19/h3,7,9,12-14H,1-2,4-6,8,10-11,16H2/t12-,13?,14-/m1/s1. The maximum Gasteiger partial charge on any atom is 0.226 e. The van der Waals surface area contributed by atoms with Crippen molar-refractivity contribution in [3.05, 3.63) is 18.5 Å². The summed E-state index contributed by atoms with van der Waals surface area (Å²) in [6.07, 6.45) is 9.26. The molecular formula is C15H24N4O. The van der Waals surface area contributed by atoms with E-state index in [1.54, 1.807) is 0 Å². The number of nitrogens with zero attached hydrogens (tertiary/aromatic N) is 3. The van der Waals surface area contributed by atoms with E-state index in [1.165, 1.54) is 0 Å². The van der Waals surface area contributed by atoms with E-state index in [0.29, 0.717) is 24.4 Å². The molecule has 5 nitrogen and oxygen atoms in total. The van der Waals surface area contributed by atoms with E-state index in [-0.39, 0.29) is 5.92 Å². The lowest BCUT2D eigenvalue weighted by Gasteiger charge is -2.35. The quantitative estimate of drug-likeness (QED) is 0.908. The summed E-state index contributed by atoms with van der Waals surface area (Å²) in [5.74, 6) is 0.888. The first-order valence-electron chi connectivity index (χ1n) is 7.77. The molecule has 0 aromatic carbocycles. The lowest BCUT2D eigenvalue weighted by Crippen LogP contribution is -2.45. The third kappa shape index (κ3) is 2.59. The number of carbonyl (C=O) groups excluding carboxylic acids is 1. The average Bonchev–Trinajstić information content (AvgIpc) is 3.17. The van der Waals surface area contributed by atoms with Gasteiger partial charge in [-0.2, -0.15) is 5.10 Å². The van der Waals surface area contributed by atoms with Crippen LogP contribution in [-0.2, 0) is 4.79 Å². The molecule has 2 heterocycles. The van der Waals surface area contributed by atoms with Crippen LogP contribution in [0.25, 0.3) is 0 Å². The molecule has 2 N–H and O–H groups in total. The van der Waals surface area contributed by atoms with Crippen molar-refractivity contribution in [3.63, 3.8) is 0 Å². The molecule has 0 spiro atoms. The summed E-state index contributed by atoms with van der Waals surface area (Å²) < 4.78 is 1.99. The van der Waals surface area contributed by atoms with Crippen molar-refractivity contribution in [3.8, 4) is 0 Å². The molecule has 1 amide bonds. The van der Waals surface area contributed by atoms with Crippen molar-refractivity contribution in [2.45, 2.75) is 38.1 Å². The molecule has 1 unspecified atom stereocenters. The van der Waals surface area contributed by atoms with E-state index in [4.69, 9.17) is 5.73 Å². The Morgan fingerprint density at radius 1 is 1.30 bits per heavy atom. The van der Waals surface area contributed by atoms with Gasteiger partial charge in [-0.1, -0.05) is 6.42 Å². The van der Waals surface area contributed by atoms with Gasteiger partial charge in [0.2, 0.25) is 5.91 Å². The highest BCUT2D eigenvalue weighted by molar-refractivity contribution is 5.79. The lowest BCUT2D eigenvalue weighted by molar-refractivity contribution is -0.138. The first-order chi connectivity index (χ1) is 9.79. The summed E-state index contributed by atoms with van der Waals surface area (Å²) in [5, 5.41) is 4.32. The molecule has 1 saturated heterocycles. The number of hydrogen-bond donors (Lipinski definition) is 1. The van der Waals surface area contributed by atoms with E-state index in [9.17, 15) is 4.79 Å². The van der Waals surface area contributed by atoms with E-state index < -0.39 is 0 Å². The average molecular weight is 276 g/mol. The minimum Gasteiger partial charge on any atom is -0.340 e. The molecule has 1 aromatic heterocycles. The minimum atomic E-state index is 0.163. The van der Waals surface area contributed by atoms with Gasteiger partial charge in [0, 0.05) is 31.4 Å². The van der Waals surface area contributed by atoms with Gasteiger partial charge in [0.05, 0.1) is 6.04 Å². The monoisotopic (exact) mass is 276 g/mol. The summed E-state index contributed by atoms with van der Waals surface area (Å²) in [6, 6.07) is 2.28. The van der Waals surface area contributed by atoms with Crippen LogP contribution < -0.4 is 5.73 Å². The van der Waals surface area contributed by atoms with Gasteiger partial charge >= 0.3 is 0 Å². The van der Waals surface area contributed by atoms with Crippen LogP contribution in [0.4, 0.5) is 0 Å². The summed E-state index contributed by atoms with van der Waals surface area (Å²) in [6.45, 7) is 2.34. The Labute approximate surface area is 120 Å². The Morgan fingerprint density at radius 2 is 2.20 bits per heavy atom. The largest absolute Gasteiger partial charge is 0.340 e. The minimum absolute atomic E-state index is 0.163. The van der Waals surface area contributed by atoms with Gasteiger partial charge in [0.15, 0.2) is 0 Å². The number of hydrogen-bond acceptors (Lipinski definition) is 3. The molecule has 0 radical (unpaired) electrons. The molecule has 1 aromatic rings. The van der Waals surface area contributed by atoms with Crippen LogP contribution in [-0.4, -0.2) is 40.2 Å². The second-order valence-electron chi connectivity index (χ2n) is 6.10. The third-order valence-corrected chi connectivity index (χ3v) is 4.89. The molecule has 2 aliphatic rings. The van der Waals surface area contributed by atoms with Gasteiger partial charge in [0.1, 0.15) is 0 Å². The van der Waals surface area contributed by atoms with Crippen molar-refractivity contribution in [1.29, 1.82) is 0 Å². The SMILES string of the molecule is NC[C@H]1CCC[C@H]1C(=O)N1CCCC(n2cccn2)C1. The van der Waals surface area contributed by atoms with Crippen LogP contribution in [0.1, 0.15) is 38.1 Å². The Balaban J connectivity index is 1.66. The first kappa shape index (κ1) is 13.6. The maximum atomic E-state index is 12.7. The molecule has 3 rings (SSSR count). The molecule has 2 fully saturated rings. The second-order valence-corrected chi connectivity index (χ2v) is 6.10. The fraction of sp³-hybridized carbons (Fsp3) is 0.733. The van der Waals surface area contributed by atoms with Gasteiger partial charge in [-0.25, -0.2) is 0 Å². The number of nitrogens with two attached hydrogens (primary N) is 1. The lowest BCUT2D eigenvalue weighted by atomic mass is 9.93. The topological polar surface area (TPSA) is 64.2 Å². The number of amides is 1. The molecule has 5 heteroatoms. The maximum absolute atomic E-state index is 12.7. The first-order valence-corrected chi connectivity index (χ1v) is 7.77. The smallest absolute Gasteiger partial charge is 0.226 e. The molecular weight excluding hydrogens is 252 g/mol. The summed E-state index contributed by atoms with van der Waals surface area (Å²) in [7, 11) is 0. The van der Waals surface area contributed by atoms with Crippen LogP contribution in [0.15, 0.2) is 18.5 Å². The van der Waals surface area contributed by atoms with Crippen molar-refractivity contribution in [2.75, 3.05) is 19.6 Å². The molecule has 1 saturated carbocycles. The number of likely N-dealkylation sites (tertiary alicyclic amines) is 1. The van der Waals surface area contributed by atoms with Crippen LogP contribution in [0, 0.1) is 11.8 Å². The molecule has 0 bridgehead atoms. The number of aromatic nitrogens is 2. The predicted molar refractivity (Wildman–Crippen MR) is 77.0 cm³/mol. The highest BCUT2D eigenvalue weighted by atomic mass is 16.2. The number of carbonyl (C=O) groups is 1. The zero-order chi connectivity index (χ0) is 13.9. The fourth-order valence-corrected chi connectivity index (χ4v) is 3.75. The molecule has 3 atom stereocenters. The van der Waals surface area contributed by atoms with Crippen molar-refractivity contribution >= 4 is 5.91 Å². The summed E-state index contributed by atoms with van der Waals surface area (Å²) in [4.78, 5) is 14.8. The van der Waals surface area contributed by atoms with E-state index in [1.807, 2.05) is 23.1 Å². The van der Waals surface area contributed by atoms with Crippen LogP contribution in [0.3, 0.4) is 0 Å². The molecule has 20 heavy (non-hydrogen) atoms. The Hall–Kier alpha value is -1.36. The Morgan fingerprint density at radius 3 is 2.95 bits per heavy atom. The number of piperidine rings is 1. The zero-order valence-corrected chi connectivity index (χ0v) is 11.9. The van der Waals surface area contributed by atoms with Crippen LogP contribution in [0.2, 0.25) is 0 Å². The third-order valence-electron chi connectivity index (χ3n) is 4.89. The van der Waals surface area contributed by atoms with Gasteiger partial charge < -0.3 is 10.6 Å². The Bertz CT molecular complexity index is 445. The normalized spacial score (nSPS) is 30.6. The van der Waals surface area contributed by atoms with Gasteiger partial charge in [-0.15, -0.1) is 0 Å². The number of rotatable bonds is 3. The summed E-state index contributed by atoms with van der Waals surface area (Å²) >= 11 is 0. The molecule has 1 aliphatic heterocycles. The molecule has 110 valence electrons. The van der Waals surface area contributed by atoms with E-state index in [0.717, 1.165) is 45.2 Å². The van der Waals surface area contributed by atoms with Gasteiger partial charge in [-0.05, 0) is 44.2 Å². The second kappa shape index (κ2) is 5.95. The van der Waals surface area contributed by atoms with Crippen molar-refractivity contribution in [1.82, 2.24) is 14.7 Å². The van der Waals surface area contributed by atoms with E-state index in [2.05, 4.69) is 10.00 Å². The van der Waals surface area contributed by atoms with Gasteiger partial charge in [0.25, 0.3) is 0 Å². The highest BCUT2D eigenvalue weighted by Crippen LogP contribution is 2.33. The van der Waals surface area contributed by atoms with Crippen molar-refractivity contribution < 1.29 is 4.79 Å². The van der Waals surface area contributed by atoms with Gasteiger partial charge in [-0.3, -0.25) is 9.48 Å². The predicted octanol–water partition coefficient (Wildman–Crippen LogP) is 1.42. The highest BCUT2D eigenvalue weighted by Gasteiger charge is 2.36.